The highest BCUT2D eigenvalue weighted by Gasteiger charge is 2.50. The maximum atomic E-state index is 11.3. The number of carbonyl (C=O) groups excluding carboxylic acids is 1. The van der Waals surface area contributed by atoms with Crippen LogP contribution in [-0.4, -0.2) is 12.0 Å². The van der Waals surface area contributed by atoms with Gasteiger partial charge < -0.3 is 4.74 Å². The average Bonchev–Trinajstić information content (AvgIpc) is 2.82. The van der Waals surface area contributed by atoms with Gasteiger partial charge in [-0.25, -0.2) is 0 Å². The van der Waals surface area contributed by atoms with Gasteiger partial charge in [0.05, 0.1) is 5.41 Å². The van der Waals surface area contributed by atoms with E-state index in [9.17, 15) is 4.79 Å². The van der Waals surface area contributed by atoms with Gasteiger partial charge in [-0.05, 0) is 19.3 Å². The molecule has 2 nitrogen and oxygen atoms in total. The van der Waals surface area contributed by atoms with Crippen LogP contribution in [-0.2, 0) is 9.53 Å². The summed E-state index contributed by atoms with van der Waals surface area (Å²) in [5, 5.41) is 0. The Hall–Kier alpha value is -0.240. The van der Waals surface area contributed by atoms with E-state index in [1.165, 1.54) is 0 Å². The molecule has 0 radical (unpaired) electrons. The third-order valence-corrected chi connectivity index (χ3v) is 2.59. The van der Waals surface area contributed by atoms with Gasteiger partial charge in [0.15, 0.2) is 6.07 Å². The lowest BCUT2D eigenvalue weighted by Crippen LogP contribution is -2.18. The summed E-state index contributed by atoms with van der Waals surface area (Å²) in [6.07, 6.45) is 5.19. The van der Waals surface area contributed by atoms with Crippen molar-refractivity contribution in [2.75, 3.05) is 6.07 Å². The predicted octanol–water partition coefficient (Wildman–Crippen LogP) is 2.70. The van der Waals surface area contributed by atoms with E-state index in [1.54, 1.807) is 0 Å². The molecule has 0 atom stereocenters. The third-order valence-electron chi connectivity index (χ3n) is 2.48. The van der Waals surface area contributed by atoms with Crippen molar-refractivity contribution in [1.82, 2.24) is 0 Å². The Morgan fingerprint density at radius 2 is 2.25 bits per heavy atom. The van der Waals surface area contributed by atoms with Gasteiger partial charge in [0.1, 0.15) is 0 Å². The molecule has 1 saturated carbocycles. The lowest BCUT2D eigenvalue weighted by atomic mass is 10.00. The number of halogens is 1. The first-order valence-corrected chi connectivity index (χ1v) is 5.02. The van der Waals surface area contributed by atoms with Crippen LogP contribution in [0.2, 0.25) is 0 Å². The summed E-state index contributed by atoms with van der Waals surface area (Å²) in [5.74, 6) is -0.0917. The summed E-state index contributed by atoms with van der Waals surface area (Å²) in [5.41, 5.74) is -0.134. The van der Waals surface area contributed by atoms with Crippen LogP contribution in [0.15, 0.2) is 0 Å². The summed E-state index contributed by atoms with van der Waals surface area (Å²) in [6.45, 7) is 2.13. The van der Waals surface area contributed by atoms with Crippen LogP contribution in [0.4, 0.5) is 0 Å². The van der Waals surface area contributed by atoms with E-state index in [2.05, 4.69) is 6.92 Å². The van der Waals surface area contributed by atoms with Gasteiger partial charge in [0, 0.05) is 0 Å². The summed E-state index contributed by atoms with van der Waals surface area (Å²) in [6, 6.07) is -0.00723. The molecule has 1 aliphatic rings. The van der Waals surface area contributed by atoms with Gasteiger partial charge in [0.25, 0.3) is 0 Å². The normalized spacial score (nSPS) is 18.8. The van der Waals surface area contributed by atoms with E-state index in [0.29, 0.717) is 0 Å². The lowest BCUT2D eigenvalue weighted by molar-refractivity contribution is -0.148. The molecule has 70 valence electrons. The number of hydrogen-bond acceptors (Lipinski definition) is 2. The molecule has 0 heterocycles. The highest BCUT2D eigenvalue weighted by atomic mass is 35.5. The van der Waals surface area contributed by atoms with Crippen LogP contribution < -0.4 is 0 Å². The molecular formula is C9H15ClO2. The van der Waals surface area contributed by atoms with Gasteiger partial charge in [-0.3, -0.25) is 4.79 Å². The summed E-state index contributed by atoms with van der Waals surface area (Å²) >= 11 is 5.32. The molecule has 12 heavy (non-hydrogen) atoms. The molecule has 0 amide bonds. The molecule has 3 heteroatoms. The standard InChI is InChI=1S/C9H15ClO2/c1-2-3-4-9(5-6-9)8(11)12-7-10/h2-7H2,1H3. The maximum Gasteiger partial charge on any atom is 0.313 e. The fourth-order valence-corrected chi connectivity index (χ4v) is 1.52. The second kappa shape index (κ2) is 4.13. The number of hydrogen-bond donors (Lipinski definition) is 0. The van der Waals surface area contributed by atoms with Crippen LogP contribution in [0.5, 0.6) is 0 Å². The Labute approximate surface area is 78.2 Å². The number of ether oxygens (including phenoxy) is 1. The fourth-order valence-electron chi connectivity index (χ4n) is 1.42. The third kappa shape index (κ3) is 2.13. The topological polar surface area (TPSA) is 26.3 Å². The molecular weight excluding hydrogens is 176 g/mol. The largest absolute Gasteiger partial charge is 0.449 e. The minimum atomic E-state index is -0.134. The van der Waals surface area contributed by atoms with E-state index in [-0.39, 0.29) is 17.5 Å². The van der Waals surface area contributed by atoms with Crippen molar-refractivity contribution >= 4 is 17.6 Å². The minimum absolute atomic E-state index is 0.00723. The van der Waals surface area contributed by atoms with Crippen molar-refractivity contribution in [1.29, 1.82) is 0 Å². The zero-order valence-corrected chi connectivity index (χ0v) is 8.19. The molecule has 0 spiro atoms. The monoisotopic (exact) mass is 190 g/mol. The Kier molecular flexibility index (Phi) is 3.39. The molecule has 0 aromatic rings. The summed E-state index contributed by atoms with van der Waals surface area (Å²) < 4.78 is 4.79. The quantitative estimate of drug-likeness (QED) is 0.492. The van der Waals surface area contributed by atoms with Crippen molar-refractivity contribution in [3.05, 3.63) is 0 Å². The number of rotatable bonds is 5. The summed E-state index contributed by atoms with van der Waals surface area (Å²) in [7, 11) is 0. The van der Waals surface area contributed by atoms with E-state index in [0.717, 1.165) is 32.1 Å². The van der Waals surface area contributed by atoms with Crippen LogP contribution in [0.25, 0.3) is 0 Å². The Bertz CT molecular complexity index is 164. The van der Waals surface area contributed by atoms with E-state index < -0.39 is 0 Å². The second-order valence-corrected chi connectivity index (χ2v) is 3.64. The molecule has 1 rings (SSSR count). The number of esters is 1. The van der Waals surface area contributed by atoms with Crippen molar-refractivity contribution in [2.45, 2.75) is 39.0 Å². The Morgan fingerprint density at radius 1 is 1.58 bits per heavy atom. The van der Waals surface area contributed by atoms with Crippen molar-refractivity contribution in [2.24, 2.45) is 5.41 Å². The first kappa shape index (κ1) is 9.85. The van der Waals surface area contributed by atoms with Gasteiger partial charge >= 0.3 is 5.97 Å². The molecule has 0 saturated heterocycles. The van der Waals surface area contributed by atoms with Crippen molar-refractivity contribution < 1.29 is 9.53 Å². The minimum Gasteiger partial charge on any atom is -0.449 e. The number of alkyl halides is 1. The molecule has 0 aliphatic heterocycles. The van der Waals surface area contributed by atoms with Crippen LogP contribution in [0, 0.1) is 5.41 Å². The molecule has 0 aromatic carbocycles. The SMILES string of the molecule is CCCCC1(C(=O)OCCl)CC1. The Balaban J connectivity index is 2.32. The smallest absolute Gasteiger partial charge is 0.313 e. The zero-order valence-electron chi connectivity index (χ0n) is 7.44. The fraction of sp³-hybridized carbons (Fsp3) is 0.889. The molecule has 0 unspecified atom stereocenters. The zero-order chi connectivity index (χ0) is 9.03. The van der Waals surface area contributed by atoms with Crippen LogP contribution >= 0.6 is 11.6 Å². The summed E-state index contributed by atoms with van der Waals surface area (Å²) in [4.78, 5) is 11.3. The van der Waals surface area contributed by atoms with Gasteiger partial charge in [-0.15, -0.1) is 0 Å². The van der Waals surface area contributed by atoms with Gasteiger partial charge in [0.2, 0.25) is 0 Å². The predicted molar refractivity (Wildman–Crippen MR) is 48.0 cm³/mol. The molecule has 0 N–H and O–H groups in total. The highest BCUT2D eigenvalue weighted by Crippen LogP contribution is 2.50. The molecule has 1 fully saturated rings. The van der Waals surface area contributed by atoms with Crippen molar-refractivity contribution in [3.8, 4) is 0 Å². The van der Waals surface area contributed by atoms with E-state index in [1.807, 2.05) is 0 Å². The average molecular weight is 191 g/mol. The van der Waals surface area contributed by atoms with Crippen LogP contribution in [0.3, 0.4) is 0 Å². The first-order valence-electron chi connectivity index (χ1n) is 4.48. The maximum absolute atomic E-state index is 11.3. The number of carbonyl (C=O) groups is 1. The second-order valence-electron chi connectivity index (χ2n) is 3.42. The van der Waals surface area contributed by atoms with Crippen molar-refractivity contribution in [3.63, 3.8) is 0 Å². The highest BCUT2D eigenvalue weighted by molar-refractivity contribution is 6.17. The lowest BCUT2D eigenvalue weighted by Gasteiger charge is -2.11. The van der Waals surface area contributed by atoms with Gasteiger partial charge in [-0.2, -0.15) is 0 Å². The van der Waals surface area contributed by atoms with E-state index in [4.69, 9.17) is 16.3 Å². The molecule has 1 aliphatic carbocycles. The van der Waals surface area contributed by atoms with E-state index >= 15 is 0 Å². The number of unbranched alkanes of at least 4 members (excludes halogenated alkanes) is 1. The molecule has 0 bridgehead atoms. The van der Waals surface area contributed by atoms with Crippen LogP contribution in [0.1, 0.15) is 39.0 Å². The Morgan fingerprint density at radius 3 is 2.67 bits per heavy atom. The first-order chi connectivity index (χ1) is 5.75. The molecule has 0 aromatic heterocycles. The van der Waals surface area contributed by atoms with Gasteiger partial charge in [-0.1, -0.05) is 31.4 Å².